The van der Waals surface area contributed by atoms with Gasteiger partial charge in [-0.3, -0.25) is 0 Å². The summed E-state index contributed by atoms with van der Waals surface area (Å²) in [6.45, 7) is 5.31. The van der Waals surface area contributed by atoms with E-state index < -0.39 is 11.9 Å². The van der Waals surface area contributed by atoms with Crippen molar-refractivity contribution in [3.8, 4) is 0 Å². The van der Waals surface area contributed by atoms with Crippen molar-refractivity contribution in [3.63, 3.8) is 0 Å². The molecule has 14 heavy (non-hydrogen) atoms. The molecule has 0 aliphatic carbocycles. The molecule has 0 aromatic heterocycles. The van der Waals surface area contributed by atoms with E-state index in [9.17, 15) is 9.59 Å². The van der Waals surface area contributed by atoms with Crippen molar-refractivity contribution in [2.75, 3.05) is 13.1 Å². The molecule has 0 aromatic carbocycles. The van der Waals surface area contributed by atoms with E-state index in [1.807, 2.05) is 13.8 Å². The number of nitrogens with two attached hydrogens (primary N) is 2. The zero-order chi connectivity index (χ0) is 12.0. The zero-order valence-corrected chi connectivity index (χ0v) is 8.43. The van der Waals surface area contributed by atoms with Crippen LogP contribution in [0.2, 0.25) is 0 Å². The van der Waals surface area contributed by atoms with Gasteiger partial charge in [0.2, 0.25) is 0 Å². The molecular formula is C8H18N2O4. The number of carboxylic acid groups (broad SMARTS) is 2. The number of rotatable bonds is 2. The van der Waals surface area contributed by atoms with E-state index in [1.165, 1.54) is 0 Å². The maximum atomic E-state index is 9.55. The third-order valence-electron chi connectivity index (χ3n) is 0.368. The van der Waals surface area contributed by atoms with Gasteiger partial charge in [0.25, 0.3) is 0 Å². The van der Waals surface area contributed by atoms with Gasteiger partial charge in [-0.05, 0) is 13.1 Å². The standard InChI is InChI=1S/C4H4O4.2C2H7N/c5-3(6)1-2-4(7)8;2*1-2-3/h1-2H,(H,5,6)(H,7,8);2*2-3H2,1H3/b2-1+;;. The fourth-order valence-corrected chi connectivity index (χ4v) is 0.143. The molecule has 0 rings (SSSR count). The summed E-state index contributed by atoms with van der Waals surface area (Å²) in [4.78, 5) is 19.1. The van der Waals surface area contributed by atoms with E-state index in [4.69, 9.17) is 21.7 Å². The lowest BCUT2D eigenvalue weighted by atomic mass is 10.5. The molecule has 0 fully saturated rings. The molecule has 6 heteroatoms. The molecule has 0 atom stereocenters. The average Bonchev–Trinajstić information content (AvgIpc) is 2.04. The van der Waals surface area contributed by atoms with Crippen LogP contribution in [0, 0.1) is 0 Å². The highest BCUT2D eigenvalue weighted by Gasteiger charge is 1.88. The monoisotopic (exact) mass is 206 g/mol. The molecular weight excluding hydrogens is 188 g/mol. The molecule has 6 nitrogen and oxygen atoms in total. The fourth-order valence-electron chi connectivity index (χ4n) is 0.143. The first-order valence-electron chi connectivity index (χ1n) is 4.00. The van der Waals surface area contributed by atoms with Crippen molar-refractivity contribution in [1.82, 2.24) is 0 Å². The second kappa shape index (κ2) is 17.6. The van der Waals surface area contributed by atoms with Crippen molar-refractivity contribution in [2.24, 2.45) is 11.5 Å². The highest BCUT2D eigenvalue weighted by molar-refractivity contribution is 5.89. The lowest BCUT2D eigenvalue weighted by Crippen LogP contribution is -1.91. The van der Waals surface area contributed by atoms with Crippen LogP contribution in [0.5, 0.6) is 0 Å². The van der Waals surface area contributed by atoms with Gasteiger partial charge >= 0.3 is 11.9 Å². The van der Waals surface area contributed by atoms with Gasteiger partial charge in [0.05, 0.1) is 0 Å². The number of carboxylic acids is 2. The normalized spacial score (nSPS) is 8.00. The molecule has 84 valence electrons. The molecule has 0 aromatic rings. The van der Waals surface area contributed by atoms with E-state index in [2.05, 4.69) is 0 Å². The summed E-state index contributed by atoms with van der Waals surface area (Å²) in [5.41, 5.74) is 9.69. The molecule has 0 saturated carbocycles. The molecule has 0 amide bonds. The van der Waals surface area contributed by atoms with Crippen LogP contribution in [0.3, 0.4) is 0 Å². The summed E-state index contributed by atoms with van der Waals surface area (Å²) in [6.07, 6.45) is 1.12. The maximum absolute atomic E-state index is 9.55. The predicted molar refractivity (Wildman–Crippen MR) is 53.9 cm³/mol. The Morgan fingerprint density at radius 3 is 1.21 bits per heavy atom. The lowest BCUT2D eigenvalue weighted by Gasteiger charge is -1.74. The van der Waals surface area contributed by atoms with Gasteiger partial charge in [-0.25, -0.2) is 9.59 Å². The molecule has 0 aliphatic heterocycles. The van der Waals surface area contributed by atoms with Crippen molar-refractivity contribution in [1.29, 1.82) is 0 Å². The first-order chi connectivity index (χ1) is 6.45. The predicted octanol–water partition coefficient (Wildman–Crippen LogP) is -0.358. The minimum absolute atomic E-state index is 0.558. The van der Waals surface area contributed by atoms with E-state index in [0.29, 0.717) is 12.2 Å². The summed E-state index contributed by atoms with van der Waals surface area (Å²) in [5.74, 6) is -2.51. The Morgan fingerprint density at radius 2 is 1.14 bits per heavy atom. The average molecular weight is 206 g/mol. The molecule has 0 unspecified atom stereocenters. The minimum Gasteiger partial charge on any atom is -0.478 e. The second-order valence-electron chi connectivity index (χ2n) is 1.83. The second-order valence-corrected chi connectivity index (χ2v) is 1.83. The van der Waals surface area contributed by atoms with Crippen LogP contribution in [0.1, 0.15) is 13.8 Å². The van der Waals surface area contributed by atoms with Gasteiger partial charge in [0, 0.05) is 12.2 Å². The molecule has 0 bridgehead atoms. The Morgan fingerprint density at radius 1 is 1.00 bits per heavy atom. The highest BCUT2D eigenvalue weighted by atomic mass is 16.4. The number of carbonyl (C=O) groups is 2. The molecule has 6 N–H and O–H groups in total. The van der Waals surface area contributed by atoms with Gasteiger partial charge in [0.1, 0.15) is 0 Å². The number of hydrogen-bond donors (Lipinski definition) is 4. The van der Waals surface area contributed by atoms with Crippen LogP contribution in [-0.4, -0.2) is 35.2 Å². The van der Waals surface area contributed by atoms with E-state index in [-0.39, 0.29) is 0 Å². The summed E-state index contributed by atoms with van der Waals surface area (Å²) in [6, 6.07) is 0. The molecule has 0 spiro atoms. The van der Waals surface area contributed by atoms with Crippen molar-refractivity contribution in [2.45, 2.75) is 13.8 Å². The molecule has 0 saturated heterocycles. The first kappa shape index (κ1) is 18.4. The summed E-state index contributed by atoms with van der Waals surface area (Å²) in [5, 5.41) is 15.6. The van der Waals surface area contributed by atoms with Gasteiger partial charge in [0.15, 0.2) is 0 Å². The van der Waals surface area contributed by atoms with E-state index in [1.54, 1.807) is 0 Å². The summed E-state index contributed by atoms with van der Waals surface area (Å²) in [7, 11) is 0. The number of hydrogen-bond acceptors (Lipinski definition) is 4. The van der Waals surface area contributed by atoms with Gasteiger partial charge in [-0.1, -0.05) is 13.8 Å². The van der Waals surface area contributed by atoms with E-state index >= 15 is 0 Å². The Labute approximate surface area is 83.2 Å². The Balaban J connectivity index is -0.000000168. The van der Waals surface area contributed by atoms with Gasteiger partial charge in [-0.15, -0.1) is 0 Å². The topological polar surface area (TPSA) is 127 Å². The van der Waals surface area contributed by atoms with Crippen LogP contribution >= 0.6 is 0 Å². The van der Waals surface area contributed by atoms with Crippen molar-refractivity contribution in [3.05, 3.63) is 12.2 Å². The third-order valence-corrected chi connectivity index (χ3v) is 0.368. The molecule has 0 radical (unpaired) electrons. The SMILES string of the molecule is CCN.CCN.O=C(O)/C=C/C(=O)O. The molecule has 0 aliphatic rings. The minimum atomic E-state index is -1.26. The Hall–Kier alpha value is -1.40. The first-order valence-corrected chi connectivity index (χ1v) is 4.00. The van der Waals surface area contributed by atoms with Crippen molar-refractivity contribution >= 4 is 11.9 Å². The number of aliphatic carboxylic acids is 2. The summed E-state index contributed by atoms with van der Waals surface area (Å²) >= 11 is 0. The van der Waals surface area contributed by atoms with Crippen molar-refractivity contribution < 1.29 is 19.8 Å². The largest absolute Gasteiger partial charge is 0.478 e. The Kier molecular flexibility index (Phi) is 23.2. The van der Waals surface area contributed by atoms with Gasteiger partial charge in [-0.2, -0.15) is 0 Å². The quantitative estimate of drug-likeness (QED) is 0.457. The zero-order valence-electron chi connectivity index (χ0n) is 8.43. The highest BCUT2D eigenvalue weighted by Crippen LogP contribution is 1.70. The van der Waals surface area contributed by atoms with Gasteiger partial charge < -0.3 is 21.7 Å². The maximum Gasteiger partial charge on any atom is 0.328 e. The third kappa shape index (κ3) is 75.4. The fraction of sp³-hybridized carbons (Fsp3) is 0.500. The Bertz CT molecular complexity index is 151. The van der Waals surface area contributed by atoms with Crippen LogP contribution in [0.15, 0.2) is 12.2 Å². The van der Waals surface area contributed by atoms with E-state index in [0.717, 1.165) is 13.1 Å². The molecule has 0 heterocycles. The van der Waals surface area contributed by atoms with Crippen LogP contribution in [0.4, 0.5) is 0 Å². The smallest absolute Gasteiger partial charge is 0.328 e. The lowest BCUT2D eigenvalue weighted by molar-refractivity contribution is -0.134. The van der Waals surface area contributed by atoms with Crippen LogP contribution < -0.4 is 11.5 Å². The summed E-state index contributed by atoms with van der Waals surface area (Å²) < 4.78 is 0. The van der Waals surface area contributed by atoms with Crippen LogP contribution in [-0.2, 0) is 9.59 Å². The van der Waals surface area contributed by atoms with Crippen LogP contribution in [0.25, 0.3) is 0 Å².